The SMILES string of the molecule is Cc1n[nH]c(C)c1[C@@H](C)CC(=O)Nc1ccc(Cl)c(CN(C)C)c1. The molecule has 1 amide bonds. The van der Waals surface area contributed by atoms with Gasteiger partial charge in [-0.3, -0.25) is 9.89 Å². The van der Waals surface area contributed by atoms with Gasteiger partial charge in [0, 0.05) is 29.4 Å². The molecule has 0 aliphatic heterocycles. The van der Waals surface area contributed by atoms with Gasteiger partial charge in [-0.2, -0.15) is 5.10 Å². The first-order chi connectivity index (χ1) is 11.3. The number of nitrogens with zero attached hydrogens (tertiary/aromatic N) is 2. The van der Waals surface area contributed by atoms with Crippen LogP contribution in [0, 0.1) is 13.8 Å². The largest absolute Gasteiger partial charge is 0.326 e. The van der Waals surface area contributed by atoms with Gasteiger partial charge in [-0.05, 0) is 63.2 Å². The standard InChI is InChI=1S/C18H25ClN4O/c1-11(18-12(2)21-22-13(18)3)8-17(24)20-15-6-7-16(19)14(9-15)10-23(4)5/h6-7,9,11H,8,10H2,1-5H3,(H,20,24)(H,21,22)/t11-/m0/s1. The number of hydrogen-bond acceptors (Lipinski definition) is 3. The van der Waals surface area contributed by atoms with E-state index in [0.717, 1.165) is 34.7 Å². The van der Waals surface area contributed by atoms with Gasteiger partial charge in [0.1, 0.15) is 0 Å². The molecule has 2 rings (SSSR count). The third-order valence-corrected chi connectivity index (χ3v) is 4.35. The first kappa shape index (κ1) is 18.5. The minimum absolute atomic E-state index is 0.0133. The Morgan fingerprint density at radius 2 is 2.08 bits per heavy atom. The van der Waals surface area contributed by atoms with E-state index in [4.69, 9.17) is 11.6 Å². The summed E-state index contributed by atoms with van der Waals surface area (Å²) in [5.74, 6) is 0.0953. The van der Waals surface area contributed by atoms with Crippen LogP contribution < -0.4 is 5.32 Å². The molecule has 1 heterocycles. The molecule has 1 aromatic heterocycles. The van der Waals surface area contributed by atoms with Crippen LogP contribution in [0.4, 0.5) is 5.69 Å². The highest BCUT2D eigenvalue weighted by Gasteiger charge is 2.18. The highest BCUT2D eigenvalue weighted by molar-refractivity contribution is 6.31. The van der Waals surface area contributed by atoms with Crippen molar-refractivity contribution in [1.82, 2.24) is 15.1 Å². The number of amides is 1. The van der Waals surface area contributed by atoms with Crippen LogP contribution in [0.15, 0.2) is 18.2 Å². The number of nitrogens with one attached hydrogen (secondary N) is 2. The maximum Gasteiger partial charge on any atom is 0.224 e. The first-order valence-electron chi connectivity index (χ1n) is 8.02. The van der Waals surface area contributed by atoms with Gasteiger partial charge in [-0.1, -0.05) is 18.5 Å². The summed E-state index contributed by atoms with van der Waals surface area (Å²) in [6, 6.07) is 5.58. The molecule has 1 atom stereocenters. The van der Waals surface area contributed by atoms with Crippen LogP contribution >= 0.6 is 11.6 Å². The van der Waals surface area contributed by atoms with Crippen molar-refractivity contribution in [2.45, 2.75) is 39.7 Å². The number of aromatic nitrogens is 2. The molecule has 0 fully saturated rings. The van der Waals surface area contributed by atoms with Crippen LogP contribution in [0.3, 0.4) is 0 Å². The number of aromatic amines is 1. The van der Waals surface area contributed by atoms with E-state index < -0.39 is 0 Å². The minimum Gasteiger partial charge on any atom is -0.326 e. The number of benzene rings is 1. The molecule has 1 aromatic carbocycles. The Kier molecular flexibility index (Phi) is 6.02. The summed E-state index contributed by atoms with van der Waals surface area (Å²) >= 11 is 6.21. The molecule has 2 aromatic rings. The van der Waals surface area contributed by atoms with Gasteiger partial charge in [-0.15, -0.1) is 0 Å². The second kappa shape index (κ2) is 7.81. The van der Waals surface area contributed by atoms with Crippen molar-refractivity contribution in [3.63, 3.8) is 0 Å². The Labute approximate surface area is 148 Å². The average Bonchev–Trinajstić information content (AvgIpc) is 2.81. The van der Waals surface area contributed by atoms with E-state index in [9.17, 15) is 4.79 Å². The fourth-order valence-electron chi connectivity index (χ4n) is 2.99. The van der Waals surface area contributed by atoms with Crippen LogP contribution in [0.2, 0.25) is 5.02 Å². The van der Waals surface area contributed by atoms with Gasteiger partial charge >= 0.3 is 0 Å². The third kappa shape index (κ3) is 4.58. The molecule has 0 saturated heterocycles. The summed E-state index contributed by atoms with van der Waals surface area (Å²) < 4.78 is 0. The summed E-state index contributed by atoms with van der Waals surface area (Å²) in [4.78, 5) is 14.4. The number of carbonyl (C=O) groups is 1. The number of rotatable bonds is 6. The smallest absolute Gasteiger partial charge is 0.224 e. The molecule has 5 nitrogen and oxygen atoms in total. The summed E-state index contributed by atoms with van der Waals surface area (Å²) in [6.45, 7) is 6.71. The summed E-state index contributed by atoms with van der Waals surface area (Å²) in [6.07, 6.45) is 0.410. The number of aryl methyl sites for hydroxylation is 2. The normalized spacial score (nSPS) is 12.5. The fraction of sp³-hybridized carbons (Fsp3) is 0.444. The Hall–Kier alpha value is -1.85. The molecule has 24 heavy (non-hydrogen) atoms. The molecule has 0 spiro atoms. The third-order valence-electron chi connectivity index (χ3n) is 3.99. The van der Waals surface area contributed by atoms with E-state index in [1.54, 1.807) is 0 Å². The Balaban J connectivity index is 2.04. The van der Waals surface area contributed by atoms with Crippen molar-refractivity contribution in [2.75, 3.05) is 19.4 Å². The highest BCUT2D eigenvalue weighted by Crippen LogP contribution is 2.26. The van der Waals surface area contributed by atoms with Crippen LogP contribution in [-0.2, 0) is 11.3 Å². The molecular formula is C18H25ClN4O. The van der Waals surface area contributed by atoms with E-state index in [-0.39, 0.29) is 11.8 Å². The quantitative estimate of drug-likeness (QED) is 0.832. The fourth-order valence-corrected chi connectivity index (χ4v) is 3.17. The minimum atomic E-state index is -0.0133. The predicted molar refractivity (Wildman–Crippen MR) is 98.6 cm³/mol. The zero-order chi connectivity index (χ0) is 17.9. The zero-order valence-corrected chi connectivity index (χ0v) is 15.7. The van der Waals surface area contributed by atoms with Gasteiger partial charge in [0.15, 0.2) is 0 Å². The lowest BCUT2D eigenvalue weighted by atomic mass is 9.95. The molecule has 130 valence electrons. The van der Waals surface area contributed by atoms with E-state index in [1.807, 2.05) is 58.0 Å². The number of anilines is 1. The van der Waals surface area contributed by atoms with Crippen molar-refractivity contribution in [3.8, 4) is 0 Å². The lowest BCUT2D eigenvalue weighted by molar-refractivity contribution is -0.116. The van der Waals surface area contributed by atoms with Gasteiger partial charge < -0.3 is 10.2 Å². The Morgan fingerprint density at radius 1 is 1.38 bits per heavy atom. The van der Waals surface area contributed by atoms with Crippen molar-refractivity contribution in [1.29, 1.82) is 0 Å². The van der Waals surface area contributed by atoms with E-state index >= 15 is 0 Å². The first-order valence-corrected chi connectivity index (χ1v) is 8.40. The predicted octanol–water partition coefficient (Wildman–Crippen LogP) is 3.87. The molecule has 0 bridgehead atoms. The van der Waals surface area contributed by atoms with Gasteiger partial charge in [0.05, 0.1) is 5.69 Å². The summed E-state index contributed by atoms with van der Waals surface area (Å²) in [7, 11) is 3.97. The molecule has 6 heteroatoms. The van der Waals surface area contributed by atoms with Crippen molar-refractivity contribution < 1.29 is 4.79 Å². The van der Waals surface area contributed by atoms with Crippen LogP contribution in [0.1, 0.15) is 41.8 Å². The van der Waals surface area contributed by atoms with Crippen molar-refractivity contribution in [2.24, 2.45) is 0 Å². The number of halogens is 1. The monoisotopic (exact) mass is 348 g/mol. The van der Waals surface area contributed by atoms with E-state index in [2.05, 4.69) is 15.5 Å². The van der Waals surface area contributed by atoms with Gasteiger partial charge in [0.2, 0.25) is 5.91 Å². The lowest BCUT2D eigenvalue weighted by Gasteiger charge is -2.15. The second-order valence-corrected chi connectivity index (χ2v) is 6.95. The maximum absolute atomic E-state index is 12.4. The molecule has 0 aliphatic rings. The van der Waals surface area contributed by atoms with Gasteiger partial charge in [0.25, 0.3) is 0 Å². The number of H-pyrrole nitrogens is 1. The number of hydrogen-bond donors (Lipinski definition) is 2. The maximum atomic E-state index is 12.4. The van der Waals surface area contributed by atoms with Crippen LogP contribution in [0.25, 0.3) is 0 Å². The Bertz CT molecular complexity index is 704. The molecule has 2 N–H and O–H groups in total. The van der Waals surface area contributed by atoms with E-state index in [0.29, 0.717) is 11.4 Å². The van der Waals surface area contributed by atoms with E-state index in [1.165, 1.54) is 0 Å². The van der Waals surface area contributed by atoms with Crippen molar-refractivity contribution in [3.05, 3.63) is 45.7 Å². The molecule has 0 unspecified atom stereocenters. The Morgan fingerprint density at radius 3 is 2.67 bits per heavy atom. The average molecular weight is 349 g/mol. The van der Waals surface area contributed by atoms with Crippen LogP contribution in [0.5, 0.6) is 0 Å². The second-order valence-electron chi connectivity index (χ2n) is 6.55. The molecular weight excluding hydrogens is 324 g/mol. The van der Waals surface area contributed by atoms with Crippen LogP contribution in [-0.4, -0.2) is 35.1 Å². The van der Waals surface area contributed by atoms with Gasteiger partial charge in [-0.25, -0.2) is 0 Å². The number of carbonyl (C=O) groups excluding carboxylic acids is 1. The summed E-state index contributed by atoms with van der Waals surface area (Å²) in [5.41, 5.74) is 4.86. The van der Waals surface area contributed by atoms with Crippen molar-refractivity contribution >= 4 is 23.2 Å². The molecule has 0 saturated carbocycles. The highest BCUT2D eigenvalue weighted by atomic mass is 35.5. The topological polar surface area (TPSA) is 61.0 Å². The zero-order valence-electron chi connectivity index (χ0n) is 14.9. The molecule has 0 radical (unpaired) electrons. The lowest BCUT2D eigenvalue weighted by Crippen LogP contribution is -2.16. The molecule has 0 aliphatic carbocycles. The summed E-state index contributed by atoms with van der Waals surface area (Å²) in [5, 5.41) is 10.8.